The molecule has 6 nitrogen and oxygen atoms in total. The molecular weight excluding hydrogens is 398 g/mol. The third-order valence-electron chi connectivity index (χ3n) is 6.53. The number of aromatic nitrogens is 2. The summed E-state index contributed by atoms with van der Waals surface area (Å²) in [7, 11) is 4.04. The smallest absolute Gasteiger partial charge is 0.225 e. The second-order valence-corrected chi connectivity index (χ2v) is 9.47. The fraction of sp³-hybridized carbons (Fsp3) is 0.654. The van der Waals surface area contributed by atoms with E-state index in [0.717, 1.165) is 55.4 Å². The quantitative estimate of drug-likeness (QED) is 0.425. The van der Waals surface area contributed by atoms with E-state index in [0.29, 0.717) is 24.3 Å². The lowest BCUT2D eigenvalue weighted by Crippen LogP contribution is -2.34. The predicted octanol–water partition coefficient (Wildman–Crippen LogP) is 5.53. The molecule has 1 saturated carbocycles. The summed E-state index contributed by atoms with van der Waals surface area (Å²) in [5, 5.41) is 7.81. The fourth-order valence-corrected chi connectivity index (χ4v) is 4.57. The number of fused-ring (bicyclic) bond motifs is 1. The summed E-state index contributed by atoms with van der Waals surface area (Å²) < 4.78 is 0. The van der Waals surface area contributed by atoms with Crippen molar-refractivity contribution in [3.05, 3.63) is 24.3 Å². The van der Waals surface area contributed by atoms with Crippen LogP contribution in [0.1, 0.15) is 77.6 Å². The third-order valence-corrected chi connectivity index (χ3v) is 6.53. The van der Waals surface area contributed by atoms with Gasteiger partial charge in [0.25, 0.3) is 0 Å². The number of hydrogen-bond acceptors (Lipinski definition) is 5. The number of carbonyl (C=O) groups excluding carboxylic acids is 1. The number of anilines is 2. The van der Waals surface area contributed by atoms with E-state index < -0.39 is 0 Å². The van der Waals surface area contributed by atoms with Crippen molar-refractivity contribution >= 4 is 28.6 Å². The summed E-state index contributed by atoms with van der Waals surface area (Å²) in [5.74, 6) is 2.46. The molecule has 6 heteroatoms. The van der Waals surface area contributed by atoms with Crippen LogP contribution in [-0.2, 0) is 4.79 Å². The van der Waals surface area contributed by atoms with Crippen LogP contribution in [0.25, 0.3) is 10.9 Å². The van der Waals surface area contributed by atoms with E-state index in [1.807, 2.05) is 37.2 Å². The van der Waals surface area contributed by atoms with Crippen molar-refractivity contribution in [1.82, 2.24) is 15.3 Å². The molecular formula is C26H41N5O. The van der Waals surface area contributed by atoms with Gasteiger partial charge in [-0.3, -0.25) is 4.79 Å². The lowest BCUT2D eigenvalue weighted by Gasteiger charge is -2.29. The Morgan fingerprint density at radius 3 is 2.47 bits per heavy atom. The Morgan fingerprint density at radius 2 is 1.72 bits per heavy atom. The van der Waals surface area contributed by atoms with Crippen molar-refractivity contribution < 1.29 is 4.79 Å². The third kappa shape index (κ3) is 7.35. The van der Waals surface area contributed by atoms with Crippen molar-refractivity contribution in [2.45, 2.75) is 83.6 Å². The molecule has 1 aliphatic rings. The average molecular weight is 440 g/mol. The van der Waals surface area contributed by atoms with Gasteiger partial charge in [0.15, 0.2) is 0 Å². The van der Waals surface area contributed by atoms with Crippen LogP contribution in [0, 0.1) is 5.92 Å². The van der Waals surface area contributed by atoms with Gasteiger partial charge in [0.1, 0.15) is 5.82 Å². The molecule has 1 aromatic heterocycles. The standard InChI is InChI=1S/C26H41N5O/c1-4-5-6-7-8-9-14-24(32)27-19-20-15-17-21(18-16-20)28-26-29-23-13-11-10-12-22(23)25(30-26)31(2)3/h10-13,20-21H,4-9,14-19H2,1-3H3,(H,27,32)(H,28,29,30). The van der Waals surface area contributed by atoms with E-state index in [1.54, 1.807) is 0 Å². The number of amides is 1. The van der Waals surface area contributed by atoms with Crippen LogP contribution >= 0.6 is 0 Å². The van der Waals surface area contributed by atoms with E-state index in [9.17, 15) is 4.79 Å². The van der Waals surface area contributed by atoms with Crippen molar-refractivity contribution in [1.29, 1.82) is 0 Å². The van der Waals surface area contributed by atoms with Gasteiger partial charge in [-0.1, -0.05) is 51.2 Å². The molecule has 2 aromatic rings. The molecule has 176 valence electrons. The largest absolute Gasteiger partial charge is 0.362 e. The number of hydrogen-bond donors (Lipinski definition) is 2. The molecule has 0 radical (unpaired) electrons. The Hall–Kier alpha value is -2.37. The molecule has 32 heavy (non-hydrogen) atoms. The number of nitrogens with one attached hydrogen (secondary N) is 2. The van der Waals surface area contributed by atoms with Crippen LogP contribution in [0.15, 0.2) is 24.3 Å². The van der Waals surface area contributed by atoms with Gasteiger partial charge in [-0.15, -0.1) is 0 Å². The average Bonchev–Trinajstić information content (AvgIpc) is 2.80. The van der Waals surface area contributed by atoms with Crippen LogP contribution in [0.2, 0.25) is 0 Å². The van der Waals surface area contributed by atoms with E-state index in [-0.39, 0.29) is 5.91 Å². The molecule has 1 aliphatic carbocycles. The maximum Gasteiger partial charge on any atom is 0.225 e. The zero-order valence-electron chi connectivity index (χ0n) is 20.2. The van der Waals surface area contributed by atoms with Crippen LogP contribution in [0.3, 0.4) is 0 Å². The zero-order chi connectivity index (χ0) is 22.8. The summed E-state index contributed by atoms with van der Waals surface area (Å²) in [4.78, 5) is 23.7. The summed E-state index contributed by atoms with van der Waals surface area (Å²) >= 11 is 0. The van der Waals surface area contributed by atoms with Gasteiger partial charge in [-0.2, -0.15) is 4.98 Å². The van der Waals surface area contributed by atoms with E-state index >= 15 is 0 Å². The summed E-state index contributed by atoms with van der Waals surface area (Å²) in [6.07, 6.45) is 12.5. The number of benzene rings is 1. The maximum atomic E-state index is 12.1. The number of unbranched alkanes of at least 4 members (excludes halogenated alkanes) is 5. The summed E-state index contributed by atoms with van der Waals surface area (Å²) in [5.41, 5.74) is 0.968. The number of nitrogens with zero attached hydrogens (tertiary/aromatic N) is 3. The van der Waals surface area contributed by atoms with E-state index in [1.165, 1.54) is 32.1 Å². The molecule has 0 saturated heterocycles. The minimum atomic E-state index is 0.224. The minimum Gasteiger partial charge on any atom is -0.362 e. The Labute approximate surface area is 193 Å². The molecule has 1 aromatic carbocycles. The van der Waals surface area contributed by atoms with Crippen LogP contribution in [0.5, 0.6) is 0 Å². The fourth-order valence-electron chi connectivity index (χ4n) is 4.57. The molecule has 1 heterocycles. The first-order valence-corrected chi connectivity index (χ1v) is 12.5. The second-order valence-electron chi connectivity index (χ2n) is 9.47. The molecule has 1 amide bonds. The topological polar surface area (TPSA) is 70.2 Å². The van der Waals surface area contributed by atoms with Gasteiger partial charge < -0.3 is 15.5 Å². The predicted molar refractivity (Wildman–Crippen MR) is 134 cm³/mol. The van der Waals surface area contributed by atoms with E-state index in [4.69, 9.17) is 9.97 Å². The van der Waals surface area contributed by atoms with Gasteiger partial charge in [0, 0.05) is 38.5 Å². The molecule has 0 aliphatic heterocycles. The van der Waals surface area contributed by atoms with Crippen molar-refractivity contribution in [2.75, 3.05) is 30.9 Å². The van der Waals surface area contributed by atoms with Crippen molar-refractivity contribution in [3.8, 4) is 0 Å². The highest BCUT2D eigenvalue weighted by Crippen LogP contribution is 2.28. The first kappa shape index (κ1) is 24.3. The summed E-state index contributed by atoms with van der Waals surface area (Å²) in [6, 6.07) is 8.55. The lowest BCUT2D eigenvalue weighted by atomic mass is 9.86. The number of rotatable bonds is 12. The molecule has 2 N–H and O–H groups in total. The van der Waals surface area contributed by atoms with Crippen LogP contribution in [0.4, 0.5) is 11.8 Å². The van der Waals surface area contributed by atoms with Gasteiger partial charge in [0.2, 0.25) is 11.9 Å². The zero-order valence-corrected chi connectivity index (χ0v) is 20.2. The molecule has 0 unspecified atom stereocenters. The van der Waals surface area contributed by atoms with Crippen LogP contribution in [-0.4, -0.2) is 42.6 Å². The molecule has 0 atom stereocenters. The van der Waals surface area contributed by atoms with Crippen molar-refractivity contribution in [3.63, 3.8) is 0 Å². The van der Waals surface area contributed by atoms with Crippen molar-refractivity contribution in [2.24, 2.45) is 5.92 Å². The van der Waals surface area contributed by atoms with Crippen LogP contribution < -0.4 is 15.5 Å². The first-order valence-electron chi connectivity index (χ1n) is 12.5. The molecule has 1 fully saturated rings. The Kier molecular flexibility index (Phi) is 9.57. The lowest BCUT2D eigenvalue weighted by molar-refractivity contribution is -0.121. The highest BCUT2D eigenvalue weighted by molar-refractivity contribution is 5.90. The molecule has 0 bridgehead atoms. The highest BCUT2D eigenvalue weighted by atomic mass is 16.1. The monoisotopic (exact) mass is 439 g/mol. The maximum absolute atomic E-state index is 12.1. The Balaban J connectivity index is 1.39. The summed E-state index contributed by atoms with van der Waals surface area (Å²) in [6.45, 7) is 3.05. The Morgan fingerprint density at radius 1 is 1.00 bits per heavy atom. The molecule has 0 spiro atoms. The number of carbonyl (C=O) groups is 1. The van der Waals surface area contributed by atoms with E-state index in [2.05, 4.69) is 23.6 Å². The number of para-hydroxylation sites is 1. The molecule has 3 rings (SSSR count). The first-order chi connectivity index (χ1) is 15.6. The van der Waals surface area contributed by atoms with Gasteiger partial charge in [-0.05, 0) is 50.2 Å². The SMILES string of the molecule is CCCCCCCCC(=O)NCC1CCC(Nc2nc(N(C)C)c3ccccc3n2)CC1. The van der Waals surface area contributed by atoms with Gasteiger partial charge in [-0.25, -0.2) is 4.98 Å². The van der Waals surface area contributed by atoms with Gasteiger partial charge >= 0.3 is 0 Å². The minimum absolute atomic E-state index is 0.224. The van der Waals surface area contributed by atoms with Gasteiger partial charge in [0.05, 0.1) is 5.52 Å². The Bertz CT molecular complexity index is 845. The normalized spacial score (nSPS) is 18.5. The highest BCUT2D eigenvalue weighted by Gasteiger charge is 2.22. The second kappa shape index (κ2) is 12.6.